The maximum atomic E-state index is 8.63. The molecule has 0 unspecified atom stereocenters. The highest BCUT2D eigenvalue weighted by atomic mass is 79.9. The van der Waals surface area contributed by atoms with Gasteiger partial charge in [-0.05, 0) is 33.6 Å². The number of hydrogen-bond donors (Lipinski definition) is 1. The minimum atomic E-state index is -0.00783. The second-order valence-corrected chi connectivity index (χ2v) is 6.04. The fourth-order valence-corrected chi connectivity index (χ4v) is 3.02. The van der Waals surface area contributed by atoms with Gasteiger partial charge in [0.05, 0.1) is 24.8 Å². The Kier molecular flexibility index (Phi) is 13.0. The number of benzene rings is 1. The average Bonchev–Trinajstić information content (AvgIpc) is 2.58. The third kappa shape index (κ3) is 7.99. The fourth-order valence-electron chi connectivity index (χ4n) is 2.41. The lowest BCUT2D eigenvalue weighted by Crippen LogP contribution is -2.40. The van der Waals surface area contributed by atoms with E-state index in [2.05, 4.69) is 26.1 Å². The molecule has 1 aromatic carbocycles. The van der Waals surface area contributed by atoms with E-state index in [1.807, 2.05) is 18.2 Å². The number of methoxy groups -OCH3 is 1. The van der Waals surface area contributed by atoms with E-state index >= 15 is 0 Å². The van der Waals surface area contributed by atoms with Crippen LogP contribution in [0, 0.1) is 11.3 Å². The predicted octanol–water partition coefficient (Wildman–Crippen LogP) is 2.63. The summed E-state index contributed by atoms with van der Waals surface area (Å²) in [5.74, 6) is 1.19. The lowest BCUT2D eigenvalue weighted by Gasteiger charge is -2.26. The fraction of sp³-hybridized carbons (Fsp3) is 0.562. The molecular weight excluding hydrogens is 433 g/mol. The molecule has 1 fully saturated rings. The molecule has 0 bridgehead atoms. The summed E-state index contributed by atoms with van der Waals surface area (Å²) < 4.78 is 16.9. The van der Waals surface area contributed by atoms with Gasteiger partial charge in [-0.15, -0.1) is 24.8 Å². The number of morpholine rings is 1. The molecule has 0 atom stereocenters. The molecule has 142 valence electrons. The second-order valence-electron chi connectivity index (χ2n) is 5.19. The van der Waals surface area contributed by atoms with Crippen LogP contribution >= 0.6 is 40.7 Å². The van der Waals surface area contributed by atoms with Crippen LogP contribution in [-0.4, -0.2) is 58.0 Å². The molecule has 1 aromatic rings. The molecule has 1 heterocycles. The normalized spacial score (nSPS) is 14.0. The Balaban J connectivity index is 0.00000288. The largest absolute Gasteiger partial charge is 0.493 e. The molecule has 1 N–H and O–H groups in total. The Labute approximate surface area is 169 Å². The van der Waals surface area contributed by atoms with E-state index in [9.17, 15) is 0 Å². The molecule has 2 rings (SSSR count). The first-order chi connectivity index (χ1) is 11.2. The van der Waals surface area contributed by atoms with Gasteiger partial charge in [0.1, 0.15) is 6.07 Å². The van der Waals surface area contributed by atoms with Gasteiger partial charge in [0.15, 0.2) is 18.1 Å². The first-order valence-electron chi connectivity index (χ1n) is 7.61. The van der Waals surface area contributed by atoms with Gasteiger partial charge in [-0.1, -0.05) is 0 Å². The van der Waals surface area contributed by atoms with Crippen molar-refractivity contribution < 1.29 is 14.2 Å². The summed E-state index contributed by atoms with van der Waals surface area (Å²) in [5, 5.41) is 12.1. The SMILES string of the molecule is COc1cc(CNCCN2CCOCC2)cc(Br)c1OCC#N.Cl.Cl. The van der Waals surface area contributed by atoms with Gasteiger partial charge in [-0.2, -0.15) is 5.26 Å². The van der Waals surface area contributed by atoms with Gasteiger partial charge >= 0.3 is 0 Å². The molecular formula is C16H24BrCl2N3O3. The van der Waals surface area contributed by atoms with Crippen molar-refractivity contribution >= 4 is 40.7 Å². The number of rotatable bonds is 8. The molecule has 0 aromatic heterocycles. The van der Waals surface area contributed by atoms with Gasteiger partial charge in [0, 0.05) is 32.7 Å². The molecule has 0 aliphatic carbocycles. The molecule has 0 spiro atoms. The van der Waals surface area contributed by atoms with Crippen LogP contribution in [0.25, 0.3) is 0 Å². The molecule has 9 heteroatoms. The van der Waals surface area contributed by atoms with Crippen molar-refractivity contribution in [1.29, 1.82) is 5.26 Å². The zero-order valence-corrected chi connectivity index (χ0v) is 17.3. The molecule has 0 saturated carbocycles. The number of hydrogen-bond acceptors (Lipinski definition) is 6. The summed E-state index contributed by atoms with van der Waals surface area (Å²) in [7, 11) is 1.59. The lowest BCUT2D eigenvalue weighted by molar-refractivity contribution is 0.0384. The van der Waals surface area contributed by atoms with Crippen LogP contribution in [0.2, 0.25) is 0 Å². The van der Waals surface area contributed by atoms with E-state index in [-0.39, 0.29) is 31.4 Å². The molecule has 1 aliphatic heterocycles. The number of nitrogens with one attached hydrogen (secondary N) is 1. The Morgan fingerprint density at radius 1 is 1.32 bits per heavy atom. The minimum Gasteiger partial charge on any atom is -0.493 e. The van der Waals surface area contributed by atoms with Crippen LogP contribution in [0.1, 0.15) is 5.56 Å². The zero-order chi connectivity index (χ0) is 16.5. The highest BCUT2D eigenvalue weighted by Gasteiger charge is 2.12. The van der Waals surface area contributed by atoms with E-state index in [1.165, 1.54) is 0 Å². The standard InChI is InChI=1S/C16H22BrN3O3.2ClH/c1-21-15-11-13(10-14(17)16(15)23-7-2-18)12-19-3-4-20-5-8-22-9-6-20;;/h10-11,19H,3-9,12H2,1H3;2*1H. The first kappa shape index (κ1) is 24.2. The highest BCUT2D eigenvalue weighted by Crippen LogP contribution is 2.36. The molecule has 0 amide bonds. The number of halogens is 3. The van der Waals surface area contributed by atoms with Gasteiger partial charge in [0.2, 0.25) is 0 Å². The van der Waals surface area contributed by atoms with E-state index in [4.69, 9.17) is 19.5 Å². The predicted molar refractivity (Wildman–Crippen MR) is 105 cm³/mol. The molecule has 25 heavy (non-hydrogen) atoms. The van der Waals surface area contributed by atoms with E-state index in [0.29, 0.717) is 11.5 Å². The zero-order valence-electron chi connectivity index (χ0n) is 14.1. The smallest absolute Gasteiger partial charge is 0.176 e. The third-order valence-electron chi connectivity index (χ3n) is 3.61. The van der Waals surface area contributed by atoms with Crippen molar-refractivity contribution in [3.05, 3.63) is 22.2 Å². The summed E-state index contributed by atoms with van der Waals surface area (Å²) in [6, 6.07) is 5.87. The minimum absolute atomic E-state index is 0. The van der Waals surface area contributed by atoms with Crippen molar-refractivity contribution in [3.8, 4) is 17.6 Å². The average molecular weight is 457 g/mol. The summed E-state index contributed by atoms with van der Waals surface area (Å²) in [5.41, 5.74) is 1.10. The summed E-state index contributed by atoms with van der Waals surface area (Å²) in [6.07, 6.45) is 0. The Morgan fingerprint density at radius 3 is 2.68 bits per heavy atom. The van der Waals surface area contributed by atoms with Crippen LogP contribution in [-0.2, 0) is 11.3 Å². The summed E-state index contributed by atoms with van der Waals surface area (Å²) >= 11 is 3.48. The van der Waals surface area contributed by atoms with Crippen molar-refractivity contribution in [2.45, 2.75) is 6.54 Å². The Hall–Kier alpha value is -0.750. The second kappa shape index (κ2) is 13.5. The quantitative estimate of drug-likeness (QED) is 0.606. The van der Waals surface area contributed by atoms with Crippen molar-refractivity contribution in [3.63, 3.8) is 0 Å². The monoisotopic (exact) mass is 455 g/mol. The highest BCUT2D eigenvalue weighted by molar-refractivity contribution is 9.10. The van der Waals surface area contributed by atoms with Crippen LogP contribution in [0.15, 0.2) is 16.6 Å². The summed E-state index contributed by atoms with van der Waals surface area (Å²) in [4.78, 5) is 2.39. The van der Waals surface area contributed by atoms with Crippen molar-refractivity contribution in [2.24, 2.45) is 0 Å². The topological polar surface area (TPSA) is 66.8 Å². The van der Waals surface area contributed by atoms with Gasteiger partial charge in [-0.3, -0.25) is 4.90 Å². The molecule has 6 nitrogen and oxygen atoms in total. The molecule has 1 saturated heterocycles. The number of nitrogens with zero attached hydrogens (tertiary/aromatic N) is 2. The Bertz CT molecular complexity index is 552. The van der Waals surface area contributed by atoms with Gasteiger partial charge in [0.25, 0.3) is 0 Å². The van der Waals surface area contributed by atoms with Gasteiger partial charge < -0.3 is 19.5 Å². The third-order valence-corrected chi connectivity index (χ3v) is 4.20. The first-order valence-corrected chi connectivity index (χ1v) is 8.41. The maximum Gasteiger partial charge on any atom is 0.176 e. The van der Waals surface area contributed by atoms with E-state index in [0.717, 1.165) is 56.0 Å². The number of nitriles is 1. The maximum absolute atomic E-state index is 8.63. The van der Waals surface area contributed by atoms with Crippen LogP contribution in [0.4, 0.5) is 0 Å². The van der Waals surface area contributed by atoms with E-state index < -0.39 is 0 Å². The van der Waals surface area contributed by atoms with Crippen molar-refractivity contribution in [2.75, 3.05) is 53.1 Å². The summed E-state index contributed by atoms with van der Waals surface area (Å²) in [6.45, 7) is 6.35. The Morgan fingerprint density at radius 2 is 2.04 bits per heavy atom. The van der Waals surface area contributed by atoms with Gasteiger partial charge in [-0.25, -0.2) is 0 Å². The van der Waals surface area contributed by atoms with Crippen LogP contribution in [0.3, 0.4) is 0 Å². The number of ether oxygens (including phenoxy) is 3. The van der Waals surface area contributed by atoms with Crippen molar-refractivity contribution in [1.82, 2.24) is 10.2 Å². The molecule has 1 aliphatic rings. The molecule has 0 radical (unpaired) electrons. The van der Waals surface area contributed by atoms with Crippen LogP contribution < -0.4 is 14.8 Å². The van der Waals surface area contributed by atoms with Crippen LogP contribution in [0.5, 0.6) is 11.5 Å². The van der Waals surface area contributed by atoms with E-state index in [1.54, 1.807) is 7.11 Å². The lowest BCUT2D eigenvalue weighted by atomic mass is 10.2.